The Bertz CT molecular complexity index is 484. The van der Waals surface area contributed by atoms with Gasteiger partial charge in [0.15, 0.2) is 0 Å². The van der Waals surface area contributed by atoms with E-state index in [4.69, 9.17) is 16.6 Å². The number of aliphatic carboxylic acids is 1. The summed E-state index contributed by atoms with van der Waals surface area (Å²) in [6.45, 7) is 0. The highest BCUT2D eigenvalue weighted by Gasteiger charge is 2.23. The number of carbonyl (C=O) groups excluding carboxylic acids is 2. The number of hydrogen-bond acceptors (Lipinski definition) is 3. The second-order valence-corrected chi connectivity index (χ2v) is 3.57. The lowest BCUT2D eigenvalue weighted by Crippen LogP contribution is -2.24. The van der Waals surface area contributed by atoms with Crippen LogP contribution in [-0.4, -0.2) is 29.1 Å². The summed E-state index contributed by atoms with van der Waals surface area (Å²) in [5, 5.41) is 8.49. The van der Waals surface area contributed by atoms with Crippen LogP contribution in [0, 0.1) is 0 Å². The molecular formula is C11H11FN2O4. The summed E-state index contributed by atoms with van der Waals surface area (Å²) in [6.07, 6.45) is -2.89. The lowest BCUT2D eigenvalue weighted by molar-refractivity contribution is -0.142. The van der Waals surface area contributed by atoms with E-state index in [1.807, 2.05) is 0 Å². The van der Waals surface area contributed by atoms with Crippen LogP contribution in [0.3, 0.4) is 0 Å². The molecule has 0 saturated heterocycles. The molecule has 0 aliphatic rings. The van der Waals surface area contributed by atoms with Crippen LogP contribution in [0.15, 0.2) is 18.2 Å². The molecule has 1 atom stereocenters. The molecule has 6 nitrogen and oxygen atoms in total. The largest absolute Gasteiger partial charge is 0.479 e. The summed E-state index contributed by atoms with van der Waals surface area (Å²) in [5.41, 5.74) is 9.83. The van der Waals surface area contributed by atoms with Gasteiger partial charge in [0.2, 0.25) is 18.0 Å². The number of amides is 2. The Labute approximate surface area is 101 Å². The first-order chi connectivity index (χ1) is 8.34. The molecule has 7 heteroatoms. The Kier molecular flexibility index (Phi) is 3.98. The molecule has 1 unspecified atom stereocenters. The van der Waals surface area contributed by atoms with Crippen LogP contribution in [0.1, 0.15) is 26.3 Å². The minimum absolute atomic E-state index is 0.0904. The van der Waals surface area contributed by atoms with E-state index >= 15 is 0 Å². The fourth-order valence-corrected chi connectivity index (χ4v) is 1.53. The van der Waals surface area contributed by atoms with Crippen molar-refractivity contribution >= 4 is 17.8 Å². The van der Waals surface area contributed by atoms with Gasteiger partial charge in [-0.05, 0) is 17.7 Å². The van der Waals surface area contributed by atoms with E-state index in [0.717, 1.165) is 0 Å². The third kappa shape index (κ3) is 2.82. The summed E-state index contributed by atoms with van der Waals surface area (Å²) in [5.74, 6) is -3.46. The zero-order chi connectivity index (χ0) is 13.9. The fourth-order valence-electron chi connectivity index (χ4n) is 1.53. The van der Waals surface area contributed by atoms with E-state index < -0.39 is 30.4 Å². The smallest absolute Gasteiger partial charge is 0.338 e. The quantitative estimate of drug-likeness (QED) is 0.675. The number of alkyl halides is 1. The van der Waals surface area contributed by atoms with Crippen molar-refractivity contribution in [2.75, 3.05) is 0 Å². The van der Waals surface area contributed by atoms with Crippen LogP contribution in [0.4, 0.5) is 4.39 Å². The molecule has 0 radical (unpaired) electrons. The summed E-state index contributed by atoms with van der Waals surface area (Å²) < 4.78 is 13.2. The molecule has 0 aromatic heterocycles. The van der Waals surface area contributed by atoms with E-state index in [-0.39, 0.29) is 16.7 Å². The van der Waals surface area contributed by atoms with Gasteiger partial charge in [0, 0.05) is 17.5 Å². The average Bonchev–Trinajstić information content (AvgIpc) is 2.28. The van der Waals surface area contributed by atoms with Gasteiger partial charge in [-0.1, -0.05) is 6.07 Å². The molecule has 0 aliphatic carbocycles. The minimum Gasteiger partial charge on any atom is -0.479 e. The van der Waals surface area contributed by atoms with Crippen molar-refractivity contribution in [1.82, 2.24) is 0 Å². The van der Waals surface area contributed by atoms with Crippen LogP contribution < -0.4 is 11.5 Å². The molecule has 1 aromatic rings. The predicted octanol–water partition coefficient (Wildman–Crippen LogP) is -0.150. The van der Waals surface area contributed by atoms with E-state index in [2.05, 4.69) is 0 Å². The zero-order valence-corrected chi connectivity index (χ0v) is 9.22. The van der Waals surface area contributed by atoms with Gasteiger partial charge in [-0.25, -0.2) is 9.18 Å². The molecule has 0 spiro atoms. The van der Waals surface area contributed by atoms with E-state index in [9.17, 15) is 18.8 Å². The number of carbonyl (C=O) groups is 3. The molecule has 1 rings (SSSR count). The minimum atomic E-state index is -2.25. The van der Waals surface area contributed by atoms with Crippen LogP contribution >= 0.6 is 0 Å². The Balaban J connectivity index is 3.31. The molecule has 0 aliphatic heterocycles. The maximum Gasteiger partial charge on any atom is 0.338 e. The van der Waals surface area contributed by atoms with Gasteiger partial charge in [-0.15, -0.1) is 0 Å². The van der Waals surface area contributed by atoms with Gasteiger partial charge in [0.05, 0.1) is 0 Å². The second kappa shape index (κ2) is 5.26. The van der Waals surface area contributed by atoms with Gasteiger partial charge in [-0.3, -0.25) is 9.59 Å². The third-order valence-corrected chi connectivity index (χ3v) is 2.36. The first-order valence-corrected chi connectivity index (χ1v) is 4.93. The number of rotatable bonds is 5. The number of carboxylic acids is 1. The monoisotopic (exact) mass is 254 g/mol. The van der Waals surface area contributed by atoms with Gasteiger partial charge >= 0.3 is 5.97 Å². The van der Waals surface area contributed by atoms with Crippen molar-refractivity contribution in [2.45, 2.75) is 12.6 Å². The van der Waals surface area contributed by atoms with Gasteiger partial charge in [0.1, 0.15) is 0 Å². The van der Waals surface area contributed by atoms with E-state index in [0.29, 0.717) is 0 Å². The molecular weight excluding hydrogens is 243 g/mol. The standard InChI is InChI=1S/C11H11FN2O4/c12-8(11(17)18)4-7-5(9(13)15)2-1-3-6(7)10(14)16/h1-3,8H,4H2,(H2,13,15)(H2,14,16)(H,17,18). The Morgan fingerprint density at radius 3 is 1.94 bits per heavy atom. The normalized spacial score (nSPS) is 11.8. The predicted molar refractivity (Wildman–Crippen MR) is 59.7 cm³/mol. The van der Waals surface area contributed by atoms with Gasteiger partial charge in [0.25, 0.3) is 0 Å². The topological polar surface area (TPSA) is 123 Å². The Hall–Kier alpha value is -2.44. The van der Waals surface area contributed by atoms with Crippen molar-refractivity contribution < 1.29 is 23.9 Å². The molecule has 0 fully saturated rings. The number of nitrogens with two attached hydrogens (primary N) is 2. The van der Waals surface area contributed by atoms with Crippen molar-refractivity contribution in [3.8, 4) is 0 Å². The Morgan fingerprint density at radius 1 is 1.17 bits per heavy atom. The summed E-state index contributed by atoms with van der Waals surface area (Å²) >= 11 is 0. The zero-order valence-electron chi connectivity index (χ0n) is 9.22. The third-order valence-electron chi connectivity index (χ3n) is 2.36. The van der Waals surface area contributed by atoms with Gasteiger partial charge < -0.3 is 16.6 Å². The van der Waals surface area contributed by atoms with Crippen LogP contribution in [0.2, 0.25) is 0 Å². The van der Waals surface area contributed by atoms with Crippen LogP contribution in [0.25, 0.3) is 0 Å². The molecule has 2 amide bonds. The summed E-state index contributed by atoms with van der Waals surface area (Å²) in [6, 6.07) is 3.91. The highest BCUT2D eigenvalue weighted by molar-refractivity contribution is 6.01. The number of carboxylic acid groups (broad SMARTS) is 1. The summed E-state index contributed by atoms with van der Waals surface area (Å²) in [4.78, 5) is 32.8. The first-order valence-electron chi connectivity index (χ1n) is 4.93. The SMILES string of the molecule is NC(=O)c1cccc(C(N)=O)c1CC(F)C(=O)O. The fraction of sp³-hybridized carbons (Fsp3) is 0.182. The molecule has 0 bridgehead atoms. The number of halogens is 1. The highest BCUT2D eigenvalue weighted by Crippen LogP contribution is 2.18. The van der Waals surface area contributed by atoms with Crippen molar-refractivity contribution in [1.29, 1.82) is 0 Å². The molecule has 96 valence electrons. The molecule has 18 heavy (non-hydrogen) atoms. The van der Waals surface area contributed by atoms with Gasteiger partial charge in [-0.2, -0.15) is 0 Å². The lowest BCUT2D eigenvalue weighted by Gasteiger charge is -2.11. The van der Waals surface area contributed by atoms with E-state index in [1.54, 1.807) is 0 Å². The maximum atomic E-state index is 13.2. The molecule has 0 saturated carbocycles. The second-order valence-electron chi connectivity index (χ2n) is 3.57. The van der Waals surface area contributed by atoms with Crippen molar-refractivity contribution in [3.63, 3.8) is 0 Å². The van der Waals surface area contributed by atoms with Crippen molar-refractivity contribution in [3.05, 3.63) is 34.9 Å². The van der Waals surface area contributed by atoms with Crippen LogP contribution in [0.5, 0.6) is 0 Å². The number of hydrogen-bond donors (Lipinski definition) is 3. The highest BCUT2D eigenvalue weighted by atomic mass is 19.1. The van der Waals surface area contributed by atoms with Crippen LogP contribution in [-0.2, 0) is 11.2 Å². The average molecular weight is 254 g/mol. The molecule has 1 aromatic carbocycles. The molecule has 5 N–H and O–H groups in total. The Morgan fingerprint density at radius 2 is 1.61 bits per heavy atom. The van der Waals surface area contributed by atoms with Crippen molar-refractivity contribution in [2.24, 2.45) is 11.5 Å². The number of benzene rings is 1. The lowest BCUT2D eigenvalue weighted by atomic mass is 9.95. The van der Waals surface area contributed by atoms with E-state index in [1.165, 1.54) is 18.2 Å². The maximum absolute atomic E-state index is 13.2. The first kappa shape index (κ1) is 13.6. The molecule has 0 heterocycles. The summed E-state index contributed by atoms with van der Waals surface area (Å²) in [7, 11) is 0. The number of primary amides is 2.